The molecule has 1 atom stereocenters. The molecule has 2 aromatic heterocycles. The molecule has 0 radical (unpaired) electrons. The molecule has 4 heterocycles. The van der Waals surface area contributed by atoms with Gasteiger partial charge in [0.15, 0.2) is 0 Å². The number of rotatable bonds is 6. The van der Waals surface area contributed by atoms with Gasteiger partial charge in [0.2, 0.25) is 0 Å². The summed E-state index contributed by atoms with van der Waals surface area (Å²) in [5.41, 5.74) is 0.307. The van der Waals surface area contributed by atoms with Crippen LogP contribution in [0.2, 0.25) is 0 Å². The maximum absolute atomic E-state index is 12.8. The van der Waals surface area contributed by atoms with Gasteiger partial charge in [-0.3, -0.25) is 4.90 Å². The summed E-state index contributed by atoms with van der Waals surface area (Å²) in [4.78, 5) is 14.7. The van der Waals surface area contributed by atoms with Gasteiger partial charge < -0.3 is 4.90 Å². The van der Waals surface area contributed by atoms with Gasteiger partial charge in [-0.2, -0.15) is 13.2 Å². The van der Waals surface area contributed by atoms with Crippen LogP contribution in [0.15, 0.2) is 12.4 Å². The number of halogens is 3. The van der Waals surface area contributed by atoms with Crippen molar-refractivity contribution < 1.29 is 13.2 Å². The Morgan fingerprint density at radius 3 is 2.61 bits per heavy atom. The summed E-state index contributed by atoms with van der Waals surface area (Å²) in [6.45, 7) is 8.81. The Labute approximate surface area is 185 Å². The smallest absolute Gasteiger partial charge is 0.355 e. The van der Waals surface area contributed by atoms with Gasteiger partial charge in [0, 0.05) is 42.5 Å². The van der Waals surface area contributed by atoms with Gasteiger partial charge in [-0.1, -0.05) is 20.3 Å². The van der Waals surface area contributed by atoms with Crippen LogP contribution in [-0.2, 0) is 6.42 Å². The summed E-state index contributed by atoms with van der Waals surface area (Å²) in [6.07, 6.45) is 2.96. The molecule has 1 spiro atoms. The first-order valence-electron chi connectivity index (χ1n) is 11.5. The zero-order chi connectivity index (χ0) is 21.8. The molecule has 31 heavy (non-hydrogen) atoms. The van der Waals surface area contributed by atoms with Crippen molar-refractivity contribution in [3.63, 3.8) is 0 Å². The Morgan fingerprint density at radius 2 is 1.97 bits per heavy atom. The Morgan fingerprint density at radius 1 is 1.19 bits per heavy atom. The molecule has 3 fully saturated rings. The van der Waals surface area contributed by atoms with Crippen LogP contribution in [0.5, 0.6) is 0 Å². The van der Waals surface area contributed by atoms with Crippen molar-refractivity contribution in [2.24, 2.45) is 17.3 Å². The predicted molar refractivity (Wildman–Crippen MR) is 119 cm³/mol. The first kappa shape index (κ1) is 21.4. The van der Waals surface area contributed by atoms with Gasteiger partial charge in [-0.15, -0.1) is 11.3 Å². The van der Waals surface area contributed by atoms with Crippen LogP contribution in [-0.4, -0.2) is 53.3 Å². The maximum atomic E-state index is 12.8. The van der Waals surface area contributed by atoms with Gasteiger partial charge >= 0.3 is 6.18 Å². The van der Waals surface area contributed by atoms with Crippen LogP contribution in [0.4, 0.5) is 19.0 Å². The molecule has 1 aliphatic carbocycles. The quantitative estimate of drug-likeness (QED) is 0.577. The fraction of sp³-hybridized carbons (Fsp3) is 0.739. The van der Waals surface area contributed by atoms with E-state index >= 15 is 0 Å². The number of fused-ring (bicyclic) bond motifs is 1. The average molecular weight is 453 g/mol. The minimum atomic E-state index is -4.20. The number of alkyl halides is 3. The van der Waals surface area contributed by atoms with Crippen LogP contribution in [0.1, 0.15) is 50.8 Å². The summed E-state index contributed by atoms with van der Waals surface area (Å²) in [5.74, 6) is 2.40. The van der Waals surface area contributed by atoms with E-state index in [1.165, 1.54) is 32.0 Å². The minimum absolute atomic E-state index is 0.307. The van der Waals surface area contributed by atoms with Crippen LogP contribution < -0.4 is 4.90 Å². The number of nitrogens with zero attached hydrogens (tertiary/aromatic N) is 4. The molecule has 0 bridgehead atoms. The molecule has 1 saturated carbocycles. The van der Waals surface area contributed by atoms with E-state index in [1.54, 1.807) is 6.07 Å². The highest BCUT2D eigenvalue weighted by Gasteiger charge is 2.51. The molecule has 2 aliphatic heterocycles. The summed E-state index contributed by atoms with van der Waals surface area (Å²) in [6, 6.07) is 2.37. The molecule has 4 nitrogen and oxygen atoms in total. The molecule has 0 amide bonds. The van der Waals surface area contributed by atoms with Gasteiger partial charge in [-0.05, 0) is 43.6 Å². The van der Waals surface area contributed by atoms with E-state index in [9.17, 15) is 13.2 Å². The molecular formula is C23H31F3N4S. The second kappa shape index (κ2) is 7.87. The molecule has 5 rings (SSSR count). The average Bonchev–Trinajstić information content (AvgIpc) is 3.19. The Bertz CT molecular complexity index is 931. The molecule has 170 valence electrons. The number of hydrogen-bond donors (Lipinski definition) is 0. The van der Waals surface area contributed by atoms with Crippen molar-refractivity contribution in [1.29, 1.82) is 0 Å². The van der Waals surface area contributed by atoms with Crippen LogP contribution in [0, 0.1) is 17.3 Å². The van der Waals surface area contributed by atoms with E-state index in [1.807, 2.05) is 0 Å². The van der Waals surface area contributed by atoms with Gasteiger partial charge in [-0.25, -0.2) is 9.97 Å². The lowest BCUT2D eigenvalue weighted by Gasteiger charge is -2.55. The number of anilines is 1. The lowest BCUT2D eigenvalue weighted by Crippen LogP contribution is -2.63. The van der Waals surface area contributed by atoms with Crippen LogP contribution in [0.25, 0.3) is 10.2 Å². The lowest BCUT2D eigenvalue weighted by molar-refractivity contribution is -0.126. The first-order chi connectivity index (χ1) is 14.7. The van der Waals surface area contributed by atoms with E-state index in [-0.39, 0.29) is 0 Å². The highest BCUT2D eigenvalue weighted by atomic mass is 32.1. The molecular weight excluding hydrogens is 421 g/mol. The summed E-state index contributed by atoms with van der Waals surface area (Å²) >= 11 is 1.13. The Balaban J connectivity index is 1.28. The fourth-order valence-corrected chi connectivity index (χ4v) is 6.82. The standard InChI is InChI=1S/C23H31F3N4S/c1-15(2)8-19(16-4-3-5-16)30-12-22(13-30)6-7-29(11-22)20-18-9-17(10-23(24,25)26)31-21(18)28-14-27-20/h9,14-16,19H,3-8,10-13H2,1-2H3/t19-/m1/s1. The van der Waals surface area contributed by atoms with Crippen molar-refractivity contribution in [3.05, 3.63) is 17.3 Å². The van der Waals surface area contributed by atoms with E-state index in [4.69, 9.17) is 0 Å². The summed E-state index contributed by atoms with van der Waals surface area (Å²) in [7, 11) is 0. The molecule has 8 heteroatoms. The molecule has 2 aromatic rings. The molecule has 3 aliphatic rings. The second-order valence-electron chi connectivity index (χ2n) is 10.4. The third kappa shape index (κ3) is 4.30. The Hall–Kier alpha value is -1.41. The molecule has 0 N–H and O–H groups in total. The second-order valence-corrected chi connectivity index (χ2v) is 11.5. The van der Waals surface area contributed by atoms with Crippen LogP contribution >= 0.6 is 11.3 Å². The highest BCUT2D eigenvalue weighted by Crippen LogP contribution is 2.46. The van der Waals surface area contributed by atoms with E-state index < -0.39 is 12.6 Å². The number of likely N-dealkylation sites (tertiary alicyclic amines) is 1. The normalized spacial score (nSPS) is 23.0. The van der Waals surface area contributed by atoms with Crippen molar-refractivity contribution >= 4 is 27.4 Å². The van der Waals surface area contributed by atoms with E-state index in [0.717, 1.165) is 73.0 Å². The third-order valence-electron chi connectivity index (χ3n) is 7.42. The van der Waals surface area contributed by atoms with Crippen molar-refractivity contribution in [1.82, 2.24) is 14.9 Å². The molecule has 0 aromatic carbocycles. The Kier molecular flexibility index (Phi) is 5.44. The summed E-state index contributed by atoms with van der Waals surface area (Å²) in [5, 5.41) is 0.770. The van der Waals surface area contributed by atoms with E-state index in [2.05, 4.69) is 33.6 Å². The zero-order valence-electron chi connectivity index (χ0n) is 18.3. The summed E-state index contributed by atoms with van der Waals surface area (Å²) < 4.78 is 38.5. The van der Waals surface area contributed by atoms with E-state index in [0.29, 0.717) is 15.1 Å². The van der Waals surface area contributed by atoms with Gasteiger partial charge in [0.05, 0.1) is 11.8 Å². The zero-order valence-corrected chi connectivity index (χ0v) is 19.1. The lowest BCUT2D eigenvalue weighted by atomic mass is 9.71. The monoisotopic (exact) mass is 452 g/mol. The topological polar surface area (TPSA) is 32.3 Å². The predicted octanol–water partition coefficient (Wildman–Crippen LogP) is 5.52. The van der Waals surface area contributed by atoms with Crippen molar-refractivity contribution in [2.45, 2.75) is 64.6 Å². The van der Waals surface area contributed by atoms with Crippen molar-refractivity contribution in [2.75, 3.05) is 31.1 Å². The van der Waals surface area contributed by atoms with Gasteiger partial charge in [0.1, 0.15) is 17.0 Å². The maximum Gasteiger partial charge on any atom is 0.393 e. The van der Waals surface area contributed by atoms with Gasteiger partial charge in [0.25, 0.3) is 0 Å². The minimum Gasteiger partial charge on any atom is -0.355 e. The fourth-order valence-electron chi connectivity index (χ4n) is 5.80. The van der Waals surface area contributed by atoms with Crippen LogP contribution in [0.3, 0.4) is 0 Å². The SMILES string of the molecule is CC(C)C[C@H](C1CCC1)N1CC2(CCN(c3ncnc4sc(CC(F)(F)F)cc34)C2)C1. The molecule has 2 saturated heterocycles. The first-order valence-corrected chi connectivity index (χ1v) is 12.3. The third-order valence-corrected chi connectivity index (χ3v) is 8.47. The highest BCUT2D eigenvalue weighted by molar-refractivity contribution is 7.18. The molecule has 0 unspecified atom stereocenters. The number of aromatic nitrogens is 2. The largest absolute Gasteiger partial charge is 0.393 e. The number of hydrogen-bond acceptors (Lipinski definition) is 5. The van der Waals surface area contributed by atoms with Crippen molar-refractivity contribution in [3.8, 4) is 0 Å². The number of thiophene rings is 1.